The van der Waals surface area contributed by atoms with Gasteiger partial charge in [-0.25, -0.2) is 0 Å². The molecule has 1 nitrogen and oxygen atoms in total. The van der Waals surface area contributed by atoms with Crippen LogP contribution in [0.25, 0.3) is 0 Å². The van der Waals surface area contributed by atoms with Crippen molar-refractivity contribution in [2.24, 2.45) is 0 Å². The van der Waals surface area contributed by atoms with E-state index in [0.29, 0.717) is 16.2 Å². The summed E-state index contributed by atoms with van der Waals surface area (Å²) in [4.78, 5) is 0. The molecule has 0 aliphatic heterocycles. The molecular weight excluding hydrogens is 185 g/mol. The van der Waals surface area contributed by atoms with Gasteiger partial charge in [-0.15, -0.1) is 0 Å². The second kappa shape index (κ2) is 36.0. The zero-order valence-electron chi connectivity index (χ0n) is 4.47. The number of hydrogen-bond acceptors (Lipinski definition) is 1. The van der Waals surface area contributed by atoms with E-state index in [1.165, 1.54) is 0 Å². The van der Waals surface area contributed by atoms with E-state index in [-0.39, 0.29) is 59.2 Å². The second-order valence-corrected chi connectivity index (χ2v) is 0. The third-order valence-corrected chi connectivity index (χ3v) is 0. The van der Waals surface area contributed by atoms with Crippen LogP contribution in [0.15, 0.2) is 0 Å². The van der Waals surface area contributed by atoms with E-state index in [0.717, 1.165) is 0 Å². The molecule has 0 saturated carbocycles. The molecule has 0 rings (SSSR count). The number of hydrogen-bond donors (Lipinski definition) is 0. The van der Waals surface area contributed by atoms with Crippen molar-refractivity contribution in [2.75, 3.05) is 0 Å². The molecule has 5 heteroatoms. The first-order valence-electron chi connectivity index (χ1n) is 0.289. The molecule has 0 unspecified atom stereocenters. The van der Waals surface area contributed by atoms with Gasteiger partial charge < -0.3 is 2.85 Å². The first-order valence-corrected chi connectivity index (χ1v) is 0.866. The molecule has 1 radical (unpaired) electrons. The normalized spacial score (nSPS) is 0.600. The molecule has 0 aliphatic rings. The van der Waals surface area contributed by atoms with Crippen LogP contribution < -0.4 is 0 Å². The summed E-state index contributed by atoms with van der Waals surface area (Å²) in [5.41, 5.74) is 0. The van der Waals surface area contributed by atoms with Crippen molar-refractivity contribution in [1.29, 1.82) is 0 Å². The van der Waals surface area contributed by atoms with Gasteiger partial charge in [0.2, 0.25) is 0 Å². The van der Waals surface area contributed by atoms with Crippen LogP contribution in [0.2, 0.25) is 0 Å². The Morgan fingerprint density at radius 3 is 1.40 bits per heavy atom. The van der Waals surface area contributed by atoms with Crippen LogP contribution in [-0.4, -0.2) is 39.3 Å². The number of rotatable bonds is 0. The van der Waals surface area contributed by atoms with Gasteiger partial charge in [-0.1, -0.05) is 0 Å². The molecule has 0 heterocycles. The third-order valence-electron chi connectivity index (χ3n) is 0. The van der Waals surface area contributed by atoms with E-state index >= 15 is 0 Å². The Hall–Kier alpha value is 2.10. The molecule has 0 spiro atoms. The molecule has 0 bridgehead atoms. The van der Waals surface area contributed by atoms with Gasteiger partial charge in [0, 0.05) is 33.3 Å². The first kappa shape index (κ1) is 27.5. The van der Waals surface area contributed by atoms with Gasteiger partial charge in [-0.05, 0) is 0 Å². The molecular formula is H3AlCoMgNiO. The standard InChI is InChI=1S/Al.Co.Mg.Ni.O.3H/q;;+2;;;;2*-1. The van der Waals surface area contributed by atoms with Crippen LogP contribution in [0.3, 0.4) is 0 Å². The Morgan fingerprint density at radius 1 is 1.40 bits per heavy atom. The summed E-state index contributed by atoms with van der Waals surface area (Å²) < 4.78 is 8.28. The minimum absolute atomic E-state index is 0. The monoisotopic (exact) mass is 187 g/mol. The SMILES string of the molecule is [Co].[H-].[H-].[Mg+2].[Ni].[O]=[AlH]. The van der Waals surface area contributed by atoms with Crippen LogP contribution >= 0.6 is 0 Å². The molecule has 0 atom stereocenters. The van der Waals surface area contributed by atoms with E-state index < -0.39 is 0 Å². The van der Waals surface area contributed by atoms with Gasteiger partial charge in [-0.3, -0.25) is 0 Å². The van der Waals surface area contributed by atoms with Gasteiger partial charge in [0.25, 0.3) is 0 Å². The maximum absolute atomic E-state index is 8.28. The summed E-state index contributed by atoms with van der Waals surface area (Å²) in [7, 11) is 0. The molecule has 0 amide bonds. The van der Waals surface area contributed by atoms with Crippen LogP contribution in [0.1, 0.15) is 2.85 Å². The Bertz CT molecular complexity index is 17.7. The molecule has 0 aliphatic carbocycles. The summed E-state index contributed by atoms with van der Waals surface area (Å²) in [6.45, 7) is 0. The van der Waals surface area contributed by atoms with E-state index in [4.69, 9.17) is 3.80 Å². The van der Waals surface area contributed by atoms with Crippen molar-refractivity contribution in [3.05, 3.63) is 0 Å². The average molecular weight is 188 g/mol. The minimum atomic E-state index is 0. The summed E-state index contributed by atoms with van der Waals surface area (Å²) >= 11 is 0.611. The zero-order valence-corrected chi connectivity index (χ0v) is 7.33. The molecule has 0 N–H and O–H groups in total. The summed E-state index contributed by atoms with van der Waals surface area (Å²) in [6, 6.07) is 0. The van der Waals surface area contributed by atoms with Crippen molar-refractivity contribution in [2.45, 2.75) is 0 Å². The van der Waals surface area contributed by atoms with Crippen molar-refractivity contribution in [3.63, 3.8) is 0 Å². The van der Waals surface area contributed by atoms with Crippen molar-refractivity contribution >= 4 is 39.3 Å². The maximum atomic E-state index is 8.28. The molecule has 0 fully saturated rings. The van der Waals surface area contributed by atoms with Crippen molar-refractivity contribution in [3.8, 4) is 0 Å². The average Bonchev–Trinajstić information content (AvgIpc) is 1.00. The molecule has 0 saturated heterocycles. The van der Waals surface area contributed by atoms with E-state index in [2.05, 4.69) is 0 Å². The molecule has 0 aromatic heterocycles. The Morgan fingerprint density at radius 2 is 1.40 bits per heavy atom. The van der Waals surface area contributed by atoms with Crippen molar-refractivity contribution < 1.29 is 39.9 Å². The third kappa shape index (κ3) is 23.3. The summed E-state index contributed by atoms with van der Waals surface area (Å²) in [6.07, 6.45) is 0. The first-order chi connectivity index (χ1) is 1.00. The van der Waals surface area contributed by atoms with Gasteiger partial charge in [0.05, 0.1) is 0 Å². The Balaban J connectivity index is -0.000000000500. The molecule has 5 heavy (non-hydrogen) atoms. The predicted octanol–water partition coefficient (Wildman–Crippen LogP) is -0.928. The van der Waals surface area contributed by atoms with Crippen molar-refractivity contribution in [1.82, 2.24) is 0 Å². The van der Waals surface area contributed by atoms with Gasteiger partial charge in [0.1, 0.15) is 0 Å². The van der Waals surface area contributed by atoms with Crippen LogP contribution in [-0.2, 0) is 37.1 Å². The van der Waals surface area contributed by atoms with Gasteiger partial charge in [0.15, 0.2) is 0 Å². The van der Waals surface area contributed by atoms with E-state index in [1.807, 2.05) is 0 Å². The van der Waals surface area contributed by atoms with E-state index in [1.54, 1.807) is 0 Å². The fourth-order valence-corrected chi connectivity index (χ4v) is 0. The second-order valence-electron chi connectivity index (χ2n) is 0. The Kier molecular flexibility index (Phi) is 198. The molecule has 33 valence electrons. The van der Waals surface area contributed by atoms with Crippen LogP contribution in [0, 0.1) is 0 Å². The van der Waals surface area contributed by atoms with E-state index in [9.17, 15) is 0 Å². The fraction of sp³-hybridized carbons (Fsp3) is 0. The predicted molar refractivity (Wildman–Crippen MR) is 15.8 cm³/mol. The Labute approximate surface area is 78.5 Å². The van der Waals surface area contributed by atoms with Gasteiger partial charge in [-0.2, -0.15) is 0 Å². The molecule has 0 aromatic carbocycles. The topological polar surface area (TPSA) is 17.1 Å². The van der Waals surface area contributed by atoms with Crippen LogP contribution in [0.5, 0.6) is 0 Å². The zero-order chi connectivity index (χ0) is 2.00. The molecule has 0 aromatic rings. The quantitative estimate of drug-likeness (QED) is 0.449. The van der Waals surface area contributed by atoms with Gasteiger partial charge >= 0.3 is 43.1 Å². The van der Waals surface area contributed by atoms with Crippen LogP contribution in [0.4, 0.5) is 0 Å². The fourth-order valence-electron chi connectivity index (χ4n) is 0. The summed E-state index contributed by atoms with van der Waals surface area (Å²) in [5, 5.41) is 0. The summed E-state index contributed by atoms with van der Waals surface area (Å²) in [5.74, 6) is 0.